The molecule has 0 heterocycles. The largest absolute Gasteiger partial charge is 0.490 e. The van der Waals surface area contributed by atoms with E-state index >= 15 is 0 Å². The van der Waals surface area contributed by atoms with Gasteiger partial charge < -0.3 is 14.7 Å². The van der Waals surface area contributed by atoms with Crippen molar-refractivity contribution < 1.29 is 14.7 Å². The van der Waals surface area contributed by atoms with Gasteiger partial charge in [-0.2, -0.15) is 0 Å². The van der Waals surface area contributed by atoms with Crippen molar-refractivity contribution in [3.63, 3.8) is 0 Å². The van der Waals surface area contributed by atoms with Gasteiger partial charge in [0.15, 0.2) is 11.5 Å². The highest BCUT2D eigenvalue weighted by Crippen LogP contribution is 2.34. The molecule has 6 heteroatoms. The zero-order chi connectivity index (χ0) is 15.9. The topological polar surface area (TPSA) is 51.0 Å². The SMILES string of the molecule is CCOc1cc(C=NO)cc(I)c1OCc1ccc(Cl)cc1. The highest BCUT2D eigenvalue weighted by atomic mass is 127. The van der Waals surface area contributed by atoms with Crippen LogP contribution < -0.4 is 9.47 Å². The van der Waals surface area contributed by atoms with E-state index in [4.69, 9.17) is 26.3 Å². The van der Waals surface area contributed by atoms with Gasteiger partial charge in [0, 0.05) is 10.6 Å². The summed E-state index contributed by atoms with van der Waals surface area (Å²) in [5.41, 5.74) is 1.76. The summed E-state index contributed by atoms with van der Waals surface area (Å²) < 4.78 is 12.4. The summed E-state index contributed by atoms with van der Waals surface area (Å²) in [6.45, 7) is 2.84. The van der Waals surface area contributed by atoms with E-state index in [1.54, 1.807) is 6.07 Å². The third-order valence-electron chi connectivity index (χ3n) is 2.83. The summed E-state index contributed by atoms with van der Waals surface area (Å²) in [4.78, 5) is 0. The van der Waals surface area contributed by atoms with Crippen molar-refractivity contribution in [2.75, 3.05) is 6.61 Å². The number of oxime groups is 1. The Balaban J connectivity index is 2.22. The quantitative estimate of drug-likeness (QED) is 0.311. The van der Waals surface area contributed by atoms with Gasteiger partial charge in [-0.3, -0.25) is 0 Å². The summed E-state index contributed by atoms with van der Waals surface area (Å²) >= 11 is 8.04. The van der Waals surface area contributed by atoms with Crippen molar-refractivity contribution in [3.8, 4) is 11.5 Å². The Labute approximate surface area is 147 Å². The fraction of sp³-hybridized carbons (Fsp3) is 0.188. The molecule has 1 N–H and O–H groups in total. The smallest absolute Gasteiger partial charge is 0.175 e. The van der Waals surface area contributed by atoms with Gasteiger partial charge in [0.1, 0.15) is 6.61 Å². The molecule has 2 aromatic rings. The zero-order valence-electron chi connectivity index (χ0n) is 11.9. The fourth-order valence-electron chi connectivity index (χ4n) is 1.87. The predicted molar refractivity (Wildman–Crippen MR) is 95.5 cm³/mol. The third kappa shape index (κ3) is 4.51. The number of rotatable bonds is 6. The highest BCUT2D eigenvalue weighted by molar-refractivity contribution is 14.1. The summed E-state index contributed by atoms with van der Waals surface area (Å²) in [6.07, 6.45) is 1.35. The number of benzene rings is 2. The van der Waals surface area contributed by atoms with E-state index in [2.05, 4.69) is 27.7 Å². The van der Waals surface area contributed by atoms with Crippen LogP contribution in [0.25, 0.3) is 0 Å². The standard InChI is InChI=1S/C16H15ClINO3/c1-2-21-15-8-12(9-19-20)7-14(18)16(15)22-10-11-3-5-13(17)6-4-11/h3-9,20H,2,10H2,1H3. The molecule has 0 bridgehead atoms. The average molecular weight is 432 g/mol. The molecule has 0 amide bonds. The Morgan fingerprint density at radius 2 is 1.95 bits per heavy atom. The fourth-order valence-corrected chi connectivity index (χ4v) is 2.78. The minimum absolute atomic E-state index is 0.417. The lowest BCUT2D eigenvalue weighted by molar-refractivity contribution is 0.267. The zero-order valence-corrected chi connectivity index (χ0v) is 14.8. The lowest BCUT2D eigenvalue weighted by Crippen LogP contribution is -2.02. The van der Waals surface area contributed by atoms with Crippen LogP contribution in [0.15, 0.2) is 41.6 Å². The van der Waals surface area contributed by atoms with Gasteiger partial charge >= 0.3 is 0 Å². The predicted octanol–water partition coefficient (Wildman–Crippen LogP) is 4.73. The molecule has 0 aliphatic heterocycles. The third-order valence-corrected chi connectivity index (χ3v) is 3.89. The second-order valence-electron chi connectivity index (χ2n) is 4.42. The van der Waals surface area contributed by atoms with Gasteiger partial charge in [0.05, 0.1) is 16.4 Å². The van der Waals surface area contributed by atoms with Gasteiger partial charge in [-0.25, -0.2) is 0 Å². The van der Waals surface area contributed by atoms with E-state index in [0.717, 1.165) is 14.7 Å². The van der Waals surface area contributed by atoms with Crippen molar-refractivity contribution in [3.05, 3.63) is 56.1 Å². The first kappa shape index (κ1) is 16.9. The minimum Gasteiger partial charge on any atom is -0.490 e. The molecule has 0 atom stereocenters. The highest BCUT2D eigenvalue weighted by Gasteiger charge is 2.12. The first-order valence-electron chi connectivity index (χ1n) is 6.65. The number of nitrogens with zero attached hydrogens (tertiary/aromatic N) is 1. The van der Waals surface area contributed by atoms with Crippen molar-refractivity contribution in [1.82, 2.24) is 0 Å². The summed E-state index contributed by atoms with van der Waals surface area (Å²) in [6, 6.07) is 11.1. The van der Waals surface area contributed by atoms with Crippen LogP contribution in [0.1, 0.15) is 18.1 Å². The van der Waals surface area contributed by atoms with Crippen LogP contribution in [0.5, 0.6) is 11.5 Å². The molecule has 116 valence electrons. The maximum Gasteiger partial charge on any atom is 0.175 e. The number of halogens is 2. The summed E-state index contributed by atoms with van der Waals surface area (Å²) in [5, 5.41) is 12.4. The van der Waals surface area contributed by atoms with Crippen LogP contribution in [0.2, 0.25) is 5.02 Å². The average Bonchev–Trinajstić information content (AvgIpc) is 2.49. The summed E-state index contributed by atoms with van der Waals surface area (Å²) in [5.74, 6) is 1.30. The molecule has 22 heavy (non-hydrogen) atoms. The lowest BCUT2D eigenvalue weighted by Gasteiger charge is -2.14. The maximum atomic E-state index is 8.66. The van der Waals surface area contributed by atoms with E-state index < -0.39 is 0 Å². The second kappa shape index (κ2) is 8.24. The number of hydrogen-bond acceptors (Lipinski definition) is 4. The molecule has 0 aliphatic rings. The van der Waals surface area contributed by atoms with E-state index in [1.807, 2.05) is 37.3 Å². The molecule has 0 saturated carbocycles. The van der Waals surface area contributed by atoms with Crippen LogP contribution in [0.3, 0.4) is 0 Å². The Morgan fingerprint density at radius 3 is 2.59 bits per heavy atom. The number of hydrogen-bond donors (Lipinski definition) is 1. The monoisotopic (exact) mass is 431 g/mol. The normalized spacial score (nSPS) is 10.9. The Hall–Kier alpha value is -1.47. The molecule has 0 spiro atoms. The molecule has 0 saturated heterocycles. The van der Waals surface area contributed by atoms with Crippen molar-refractivity contribution >= 4 is 40.4 Å². The van der Waals surface area contributed by atoms with Crippen LogP contribution in [0.4, 0.5) is 0 Å². The van der Waals surface area contributed by atoms with E-state index in [1.165, 1.54) is 6.21 Å². The lowest BCUT2D eigenvalue weighted by atomic mass is 10.2. The molecule has 0 aromatic heterocycles. The Kier molecular flexibility index (Phi) is 6.33. The van der Waals surface area contributed by atoms with Crippen LogP contribution in [-0.2, 0) is 6.61 Å². The van der Waals surface area contributed by atoms with Gasteiger partial charge in [-0.1, -0.05) is 28.9 Å². The minimum atomic E-state index is 0.417. The first-order valence-corrected chi connectivity index (χ1v) is 8.10. The molecule has 0 aliphatic carbocycles. The molecule has 0 fully saturated rings. The molecule has 4 nitrogen and oxygen atoms in total. The van der Waals surface area contributed by atoms with E-state index in [-0.39, 0.29) is 0 Å². The Bertz CT molecular complexity index is 659. The van der Waals surface area contributed by atoms with Crippen LogP contribution in [0, 0.1) is 3.57 Å². The van der Waals surface area contributed by atoms with E-state index in [9.17, 15) is 0 Å². The van der Waals surface area contributed by atoms with Crippen molar-refractivity contribution in [2.24, 2.45) is 5.16 Å². The molecule has 0 radical (unpaired) electrons. The molecule has 0 unspecified atom stereocenters. The van der Waals surface area contributed by atoms with Crippen LogP contribution in [-0.4, -0.2) is 18.0 Å². The van der Waals surface area contributed by atoms with Gasteiger partial charge in [-0.05, 0) is 59.3 Å². The molecular weight excluding hydrogens is 417 g/mol. The van der Waals surface area contributed by atoms with Gasteiger partial charge in [0.25, 0.3) is 0 Å². The van der Waals surface area contributed by atoms with E-state index in [0.29, 0.717) is 29.7 Å². The molecule has 2 aromatic carbocycles. The Morgan fingerprint density at radius 1 is 1.23 bits per heavy atom. The van der Waals surface area contributed by atoms with Crippen LogP contribution >= 0.6 is 34.2 Å². The van der Waals surface area contributed by atoms with Crippen molar-refractivity contribution in [2.45, 2.75) is 13.5 Å². The molecule has 2 rings (SSSR count). The molecular formula is C16H15ClINO3. The summed E-state index contributed by atoms with van der Waals surface area (Å²) in [7, 11) is 0. The second-order valence-corrected chi connectivity index (χ2v) is 6.02. The van der Waals surface area contributed by atoms with Crippen molar-refractivity contribution in [1.29, 1.82) is 0 Å². The van der Waals surface area contributed by atoms with Gasteiger partial charge in [-0.15, -0.1) is 0 Å². The maximum absolute atomic E-state index is 8.66. The van der Waals surface area contributed by atoms with Gasteiger partial charge in [0.2, 0.25) is 0 Å². The first-order chi connectivity index (χ1) is 10.6. The number of ether oxygens (including phenoxy) is 2.